The third-order valence-electron chi connectivity index (χ3n) is 2.89. The number of nitrogens with one attached hydrogen (secondary N) is 2. The molecule has 4 heteroatoms. The Hall–Kier alpha value is -1.55. The average Bonchev–Trinajstić information content (AvgIpc) is 2.32. The van der Waals surface area contributed by atoms with Crippen molar-refractivity contribution in [2.75, 3.05) is 11.9 Å². The lowest BCUT2D eigenvalue weighted by atomic mass is 10.0. The van der Waals surface area contributed by atoms with Crippen LogP contribution >= 0.6 is 0 Å². The summed E-state index contributed by atoms with van der Waals surface area (Å²) in [5.41, 5.74) is 1.83. The van der Waals surface area contributed by atoms with Crippen molar-refractivity contribution in [2.45, 2.75) is 33.3 Å². The fourth-order valence-electron chi connectivity index (χ4n) is 1.55. The highest BCUT2D eigenvalue weighted by Gasteiger charge is 2.09. The minimum absolute atomic E-state index is 0.214. The summed E-state index contributed by atoms with van der Waals surface area (Å²) in [6.07, 6.45) is 0.197. The summed E-state index contributed by atoms with van der Waals surface area (Å²) in [4.78, 5) is 11.6. The van der Waals surface area contributed by atoms with Crippen LogP contribution in [0, 0.1) is 12.8 Å². The highest BCUT2D eigenvalue weighted by molar-refractivity contribution is 5.89. The van der Waals surface area contributed by atoms with Crippen molar-refractivity contribution in [2.24, 2.45) is 5.92 Å². The van der Waals surface area contributed by atoms with Crippen LogP contribution in [0.2, 0.25) is 0 Å². The molecule has 0 aliphatic heterocycles. The first-order valence-electron chi connectivity index (χ1n) is 6.29. The summed E-state index contributed by atoms with van der Waals surface area (Å²) in [6, 6.07) is 7.37. The summed E-state index contributed by atoms with van der Waals surface area (Å²) >= 11 is 0. The first-order valence-corrected chi connectivity index (χ1v) is 6.29. The van der Waals surface area contributed by atoms with Crippen LogP contribution in [0.3, 0.4) is 0 Å². The molecule has 100 valence electrons. The molecule has 4 nitrogen and oxygen atoms in total. The van der Waals surface area contributed by atoms with Gasteiger partial charge >= 0.3 is 6.03 Å². The molecule has 0 fully saturated rings. The summed E-state index contributed by atoms with van der Waals surface area (Å²) in [5, 5.41) is 15.1. The van der Waals surface area contributed by atoms with E-state index in [4.69, 9.17) is 0 Å². The number of hydrogen-bond donors (Lipinski definition) is 3. The maximum atomic E-state index is 11.6. The largest absolute Gasteiger partial charge is 0.393 e. The van der Waals surface area contributed by atoms with Gasteiger partial charge in [-0.1, -0.05) is 32.0 Å². The quantitative estimate of drug-likeness (QED) is 0.752. The van der Waals surface area contributed by atoms with Crippen LogP contribution in [0.25, 0.3) is 0 Å². The maximum Gasteiger partial charge on any atom is 0.319 e. The standard InChI is InChI=1S/C14H22N2O2/c1-10(2)13(17)8-9-15-14(18)16-12-7-5-4-6-11(12)3/h4-7,10,13,17H,8-9H2,1-3H3,(H2,15,16,18). The molecule has 0 heterocycles. The molecule has 0 aliphatic carbocycles. The van der Waals surface area contributed by atoms with Gasteiger partial charge in [0.1, 0.15) is 0 Å². The van der Waals surface area contributed by atoms with Crippen LogP contribution in [0.5, 0.6) is 0 Å². The molecule has 1 aromatic rings. The van der Waals surface area contributed by atoms with Crippen molar-refractivity contribution >= 4 is 11.7 Å². The number of carbonyl (C=O) groups excluding carboxylic acids is 1. The number of aryl methyl sites for hydroxylation is 1. The topological polar surface area (TPSA) is 61.4 Å². The molecule has 3 N–H and O–H groups in total. The number of carbonyl (C=O) groups is 1. The molecule has 2 amide bonds. The second-order valence-electron chi connectivity index (χ2n) is 4.80. The SMILES string of the molecule is Cc1ccccc1NC(=O)NCCC(O)C(C)C. The lowest BCUT2D eigenvalue weighted by Gasteiger charge is -2.15. The van der Waals surface area contributed by atoms with Crippen molar-refractivity contribution < 1.29 is 9.90 Å². The van der Waals surface area contributed by atoms with Crippen molar-refractivity contribution in [3.63, 3.8) is 0 Å². The van der Waals surface area contributed by atoms with Crippen molar-refractivity contribution in [1.29, 1.82) is 0 Å². The molecule has 0 saturated carbocycles. The Balaban J connectivity index is 2.33. The van der Waals surface area contributed by atoms with Gasteiger partial charge in [0.2, 0.25) is 0 Å². The monoisotopic (exact) mass is 250 g/mol. The van der Waals surface area contributed by atoms with Gasteiger partial charge in [-0.3, -0.25) is 0 Å². The summed E-state index contributed by atoms with van der Waals surface area (Å²) in [5.74, 6) is 0.214. The normalized spacial score (nSPS) is 12.3. The van der Waals surface area contributed by atoms with Crippen molar-refractivity contribution in [3.8, 4) is 0 Å². The fourth-order valence-corrected chi connectivity index (χ4v) is 1.55. The minimum Gasteiger partial charge on any atom is -0.393 e. The number of anilines is 1. The van der Waals surface area contributed by atoms with E-state index in [0.717, 1.165) is 11.3 Å². The van der Waals surface area contributed by atoms with E-state index in [-0.39, 0.29) is 18.1 Å². The molecule has 18 heavy (non-hydrogen) atoms. The first-order chi connectivity index (χ1) is 8.50. The van der Waals surface area contributed by atoms with E-state index >= 15 is 0 Å². The van der Waals surface area contributed by atoms with Crippen molar-refractivity contribution in [1.82, 2.24) is 5.32 Å². The molecule has 0 spiro atoms. The zero-order valence-electron chi connectivity index (χ0n) is 11.2. The van der Waals surface area contributed by atoms with Gasteiger partial charge < -0.3 is 15.7 Å². The number of benzene rings is 1. The summed E-state index contributed by atoms with van der Waals surface area (Å²) in [6.45, 7) is 6.32. The molecule has 0 aromatic heterocycles. The summed E-state index contributed by atoms with van der Waals surface area (Å²) in [7, 11) is 0. The molecule has 0 radical (unpaired) electrons. The average molecular weight is 250 g/mol. The number of urea groups is 1. The smallest absolute Gasteiger partial charge is 0.319 e. The predicted octanol–water partition coefficient (Wildman–Crippen LogP) is 2.52. The second kappa shape index (κ2) is 7.01. The van der Waals surface area contributed by atoms with Crippen LogP contribution in [-0.2, 0) is 0 Å². The number of para-hydroxylation sites is 1. The Bertz CT molecular complexity index is 391. The number of aliphatic hydroxyl groups is 1. The van der Waals surface area contributed by atoms with Gasteiger partial charge in [-0.05, 0) is 30.9 Å². The Kier molecular flexibility index (Phi) is 5.65. The Morgan fingerprint density at radius 2 is 2.00 bits per heavy atom. The van der Waals surface area contributed by atoms with E-state index in [1.165, 1.54) is 0 Å². The third kappa shape index (κ3) is 4.75. The van der Waals surface area contributed by atoms with Crippen molar-refractivity contribution in [3.05, 3.63) is 29.8 Å². The molecular formula is C14H22N2O2. The zero-order valence-corrected chi connectivity index (χ0v) is 11.2. The molecule has 0 bridgehead atoms. The van der Waals surface area contributed by atoms with Gasteiger partial charge in [0.25, 0.3) is 0 Å². The van der Waals surface area contributed by atoms with Crippen LogP contribution in [0.4, 0.5) is 10.5 Å². The lowest BCUT2D eigenvalue weighted by molar-refractivity contribution is 0.117. The number of amides is 2. The Labute approximate surface area is 108 Å². The molecule has 0 saturated heterocycles. The molecule has 1 unspecified atom stereocenters. The van der Waals surface area contributed by atoms with E-state index in [9.17, 15) is 9.90 Å². The number of aliphatic hydroxyl groups excluding tert-OH is 1. The third-order valence-corrected chi connectivity index (χ3v) is 2.89. The van der Waals surface area contributed by atoms with Crippen LogP contribution in [-0.4, -0.2) is 23.8 Å². The van der Waals surface area contributed by atoms with Gasteiger partial charge in [0.15, 0.2) is 0 Å². The van der Waals surface area contributed by atoms with E-state index in [1.54, 1.807) is 0 Å². The van der Waals surface area contributed by atoms with Crippen LogP contribution in [0.1, 0.15) is 25.8 Å². The first kappa shape index (κ1) is 14.5. The Morgan fingerprint density at radius 3 is 2.61 bits per heavy atom. The molecule has 1 aromatic carbocycles. The minimum atomic E-state index is -0.372. The Morgan fingerprint density at radius 1 is 1.33 bits per heavy atom. The second-order valence-corrected chi connectivity index (χ2v) is 4.80. The van der Waals surface area contributed by atoms with E-state index in [1.807, 2.05) is 45.0 Å². The van der Waals surface area contributed by atoms with Crippen LogP contribution in [0.15, 0.2) is 24.3 Å². The maximum absolute atomic E-state index is 11.6. The van der Waals surface area contributed by atoms with Gasteiger partial charge in [0, 0.05) is 12.2 Å². The molecular weight excluding hydrogens is 228 g/mol. The highest BCUT2D eigenvalue weighted by Crippen LogP contribution is 2.12. The van der Waals surface area contributed by atoms with Gasteiger partial charge in [0.05, 0.1) is 6.10 Å². The fraction of sp³-hybridized carbons (Fsp3) is 0.500. The number of rotatable bonds is 5. The van der Waals surface area contributed by atoms with Gasteiger partial charge in [-0.2, -0.15) is 0 Å². The highest BCUT2D eigenvalue weighted by atomic mass is 16.3. The molecule has 1 rings (SSSR count). The van der Waals surface area contributed by atoms with Crippen LogP contribution < -0.4 is 10.6 Å². The van der Waals surface area contributed by atoms with E-state index in [0.29, 0.717) is 13.0 Å². The lowest BCUT2D eigenvalue weighted by Crippen LogP contribution is -2.32. The molecule has 1 atom stereocenters. The summed E-state index contributed by atoms with van der Waals surface area (Å²) < 4.78 is 0. The predicted molar refractivity (Wildman–Crippen MR) is 73.7 cm³/mol. The van der Waals surface area contributed by atoms with Gasteiger partial charge in [-0.15, -0.1) is 0 Å². The van der Waals surface area contributed by atoms with E-state index in [2.05, 4.69) is 10.6 Å². The van der Waals surface area contributed by atoms with E-state index < -0.39 is 0 Å². The molecule has 0 aliphatic rings. The van der Waals surface area contributed by atoms with Gasteiger partial charge in [-0.25, -0.2) is 4.79 Å². The number of hydrogen-bond acceptors (Lipinski definition) is 2. The zero-order chi connectivity index (χ0) is 13.5.